The van der Waals surface area contributed by atoms with Crippen LogP contribution in [-0.2, 0) is 9.53 Å². The normalized spacial score (nSPS) is 13.2. The summed E-state index contributed by atoms with van der Waals surface area (Å²) in [4.78, 5) is 13.0. The summed E-state index contributed by atoms with van der Waals surface area (Å²) in [5.74, 6) is -0.0233. The van der Waals surface area contributed by atoms with Gasteiger partial charge >= 0.3 is 5.97 Å². The first-order chi connectivity index (χ1) is 30.0. The van der Waals surface area contributed by atoms with Crippen molar-refractivity contribution in [1.82, 2.24) is 0 Å². The average molecular weight is 848 g/mol. The molecular formula is C58H105NO2. The molecule has 2 N–H and O–H groups in total. The third-order valence-electron chi connectivity index (χ3n) is 12.6. The highest BCUT2D eigenvalue weighted by Gasteiger charge is 2.35. The molecule has 0 aliphatic rings. The van der Waals surface area contributed by atoms with E-state index in [1.165, 1.54) is 186 Å². The second kappa shape index (κ2) is 48.9. The molecule has 0 aromatic carbocycles. The fourth-order valence-electron chi connectivity index (χ4n) is 8.16. The summed E-state index contributed by atoms with van der Waals surface area (Å²) in [6, 6.07) is 0.0205. The van der Waals surface area contributed by atoms with Crippen LogP contribution in [0.5, 0.6) is 0 Å². The second-order valence-electron chi connectivity index (χ2n) is 18.5. The van der Waals surface area contributed by atoms with Crippen molar-refractivity contribution in [2.24, 2.45) is 11.1 Å². The van der Waals surface area contributed by atoms with E-state index in [4.69, 9.17) is 10.5 Å². The first-order valence-corrected chi connectivity index (χ1v) is 26.8. The number of unbranched alkanes of at least 4 members (excludes halogenated alkanes) is 26. The van der Waals surface area contributed by atoms with E-state index in [-0.39, 0.29) is 17.4 Å². The smallest absolute Gasteiger partial charge is 0.305 e. The van der Waals surface area contributed by atoms with E-state index in [9.17, 15) is 4.79 Å². The molecule has 61 heavy (non-hydrogen) atoms. The van der Waals surface area contributed by atoms with Gasteiger partial charge in [-0.1, -0.05) is 216 Å². The van der Waals surface area contributed by atoms with E-state index in [1.807, 2.05) is 0 Å². The lowest BCUT2D eigenvalue weighted by molar-refractivity contribution is -0.148. The topological polar surface area (TPSA) is 52.3 Å². The van der Waals surface area contributed by atoms with E-state index in [0.717, 1.165) is 51.4 Å². The SMILES string of the molecule is CCCCC/C=C\C/C=C\CCCCCCCCC(CCCCCCCC/C=C\C/C=C\CCCCC)(COC(=O)CCCCCCC/C=C\C/C=C\CCCCC)C(C)N. The highest BCUT2D eigenvalue weighted by Crippen LogP contribution is 2.36. The monoisotopic (exact) mass is 848 g/mol. The summed E-state index contributed by atoms with van der Waals surface area (Å²) >= 11 is 0. The maximum Gasteiger partial charge on any atom is 0.305 e. The summed E-state index contributed by atoms with van der Waals surface area (Å²) in [6.07, 6.45) is 74.0. The Balaban J connectivity index is 4.61. The third kappa shape index (κ3) is 42.9. The van der Waals surface area contributed by atoms with Crippen LogP contribution in [0.1, 0.15) is 272 Å². The number of allylic oxidation sites excluding steroid dienone is 12. The van der Waals surface area contributed by atoms with Gasteiger partial charge in [-0.25, -0.2) is 0 Å². The van der Waals surface area contributed by atoms with Gasteiger partial charge in [-0.05, 0) is 122 Å². The summed E-state index contributed by atoms with van der Waals surface area (Å²) in [7, 11) is 0. The molecule has 0 radical (unpaired) electrons. The van der Waals surface area contributed by atoms with Crippen LogP contribution in [0.3, 0.4) is 0 Å². The van der Waals surface area contributed by atoms with E-state index in [0.29, 0.717) is 13.0 Å². The van der Waals surface area contributed by atoms with Crippen molar-refractivity contribution >= 4 is 5.97 Å². The number of carbonyl (C=O) groups is 1. The Morgan fingerprint density at radius 2 is 0.689 bits per heavy atom. The zero-order chi connectivity index (χ0) is 44.4. The molecule has 3 heteroatoms. The fraction of sp³-hybridized carbons (Fsp3) is 0.776. The Bertz CT molecular complexity index is 1030. The Kier molecular flexibility index (Phi) is 47.2. The van der Waals surface area contributed by atoms with Crippen molar-refractivity contribution in [3.63, 3.8) is 0 Å². The Morgan fingerprint density at radius 3 is 1.00 bits per heavy atom. The molecule has 1 unspecified atom stereocenters. The van der Waals surface area contributed by atoms with Crippen LogP contribution < -0.4 is 5.73 Å². The molecule has 354 valence electrons. The highest BCUT2D eigenvalue weighted by molar-refractivity contribution is 5.69. The molecule has 0 aromatic heterocycles. The largest absolute Gasteiger partial charge is 0.465 e. The van der Waals surface area contributed by atoms with E-state index in [2.05, 4.69) is 101 Å². The zero-order valence-corrected chi connectivity index (χ0v) is 41.5. The van der Waals surface area contributed by atoms with Gasteiger partial charge in [-0.15, -0.1) is 0 Å². The summed E-state index contributed by atoms with van der Waals surface area (Å²) in [5, 5.41) is 0. The molecule has 0 spiro atoms. The summed E-state index contributed by atoms with van der Waals surface area (Å²) in [6.45, 7) is 9.45. The lowest BCUT2D eigenvalue weighted by atomic mass is 9.73. The van der Waals surface area contributed by atoms with Crippen molar-refractivity contribution in [3.8, 4) is 0 Å². The molecule has 0 fully saturated rings. The van der Waals surface area contributed by atoms with Crippen LogP contribution in [0.25, 0.3) is 0 Å². The highest BCUT2D eigenvalue weighted by atomic mass is 16.5. The van der Waals surface area contributed by atoms with Crippen molar-refractivity contribution in [3.05, 3.63) is 72.9 Å². The molecule has 0 aliphatic carbocycles. The maximum absolute atomic E-state index is 13.0. The Morgan fingerprint density at radius 1 is 0.410 bits per heavy atom. The van der Waals surface area contributed by atoms with Gasteiger partial charge in [0.2, 0.25) is 0 Å². The molecule has 0 aromatic rings. The molecule has 0 bridgehead atoms. The average Bonchev–Trinajstić information content (AvgIpc) is 3.26. The lowest BCUT2D eigenvalue weighted by Crippen LogP contribution is -2.44. The predicted molar refractivity (Wildman–Crippen MR) is 274 cm³/mol. The molecule has 1 atom stereocenters. The molecule has 0 amide bonds. The van der Waals surface area contributed by atoms with Crippen LogP contribution in [0, 0.1) is 5.41 Å². The van der Waals surface area contributed by atoms with Crippen LogP contribution in [-0.4, -0.2) is 18.6 Å². The number of ether oxygens (including phenoxy) is 1. The van der Waals surface area contributed by atoms with Gasteiger partial charge in [0.05, 0.1) is 6.61 Å². The number of hydrogen-bond donors (Lipinski definition) is 1. The number of hydrogen-bond acceptors (Lipinski definition) is 3. The van der Waals surface area contributed by atoms with Gasteiger partial charge < -0.3 is 10.5 Å². The van der Waals surface area contributed by atoms with Gasteiger partial charge in [-0.3, -0.25) is 4.79 Å². The van der Waals surface area contributed by atoms with Gasteiger partial charge in [-0.2, -0.15) is 0 Å². The minimum atomic E-state index is -0.113. The maximum atomic E-state index is 13.0. The van der Waals surface area contributed by atoms with Gasteiger partial charge in [0.1, 0.15) is 0 Å². The zero-order valence-electron chi connectivity index (χ0n) is 41.5. The van der Waals surface area contributed by atoms with Crippen molar-refractivity contribution in [2.75, 3.05) is 6.61 Å². The van der Waals surface area contributed by atoms with Crippen molar-refractivity contribution in [1.29, 1.82) is 0 Å². The first-order valence-electron chi connectivity index (χ1n) is 26.8. The summed E-state index contributed by atoms with van der Waals surface area (Å²) in [5.41, 5.74) is 6.69. The van der Waals surface area contributed by atoms with Crippen LogP contribution in [0.2, 0.25) is 0 Å². The van der Waals surface area contributed by atoms with E-state index < -0.39 is 0 Å². The number of rotatable bonds is 47. The summed E-state index contributed by atoms with van der Waals surface area (Å²) < 4.78 is 6.09. The minimum Gasteiger partial charge on any atom is -0.465 e. The van der Waals surface area contributed by atoms with E-state index in [1.54, 1.807) is 0 Å². The Labute approximate surface area is 382 Å². The lowest BCUT2D eigenvalue weighted by Gasteiger charge is -2.37. The first kappa shape index (κ1) is 58.9. The number of esters is 1. The number of nitrogens with two attached hydrogens (primary N) is 1. The molecule has 0 aliphatic heterocycles. The van der Waals surface area contributed by atoms with Crippen molar-refractivity contribution < 1.29 is 9.53 Å². The molecule has 0 heterocycles. The molecule has 0 saturated carbocycles. The molecule has 0 rings (SSSR count). The van der Waals surface area contributed by atoms with Gasteiger partial charge in [0, 0.05) is 17.9 Å². The second-order valence-corrected chi connectivity index (χ2v) is 18.5. The Hall–Kier alpha value is -2.13. The third-order valence-corrected chi connectivity index (χ3v) is 12.6. The van der Waals surface area contributed by atoms with Gasteiger partial charge in [0.15, 0.2) is 0 Å². The van der Waals surface area contributed by atoms with E-state index >= 15 is 0 Å². The number of carbonyl (C=O) groups excluding carboxylic acids is 1. The molecule has 3 nitrogen and oxygen atoms in total. The molecule has 0 saturated heterocycles. The quantitative estimate of drug-likeness (QED) is 0.0377. The van der Waals surface area contributed by atoms with Crippen molar-refractivity contribution in [2.45, 2.75) is 278 Å². The van der Waals surface area contributed by atoms with Gasteiger partial charge in [0.25, 0.3) is 0 Å². The fourth-order valence-corrected chi connectivity index (χ4v) is 8.16. The van der Waals surface area contributed by atoms with Crippen LogP contribution in [0.15, 0.2) is 72.9 Å². The molecular weight excluding hydrogens is 743 g/mol. The standard InChI is InChI=1S/C58H105NO2/c1-5-8-11-14-17-20-23-26-29-32-35-38-41-44-47-50-53-58(56(4)59,54-51-48-45-42-39-36-33-30-27-24-21-18-15-12-9-6-2)55-61-57(60)52-49-46-43-40-37-34-31-28-25-22-19-16-13-10-7-3/h17-22,26-31,56H,5-16,23-25,32-55,59H2,1-4H3/b20-17-,21-18-,22-19-,29-26-,30-27-,31-28-. The van der Waals surface area contributed by atoms with Crippen LogP contribution >= 0.6 is 0 Å². The van der Waals surface area contributed by atoms with Crippen LogP contribution in [0.4, 0.5) is 0 Å². The predicted octanol–water partition coefficient (Wildman–Crippen LogP) is 19.1. The minimum absolute atomic E-state index is 0.0205.